The van der Waals surface area contributed by atoms with E-state index in [1.54, 1.807) is 0 Å². The van der Waals surface area contributed by atoms with Crippen molar-refractivity contribution in [2.75, 3.05) is 38.1 Å². The molecule has 0 spiro atoms. The van der Waals surface area contributed by atoms with Gasteiger partial charge in [0, 0.05) is 36.8 Å². The first-order chi connectivity index (χ1) is 10.6. The second-order valence-electron chi connectivity index (χ2n) is 6.04. The lowest BCUT2D eigenvalue weighted by molar-refractivity contribution is -0.121. The van der Waals surface area contributed by atoms with Gasteiger partial charge in [-0.3, -0.25) is 4.79 Å². The molecule has 0 aliphatic carbocycles. The molecule has 0 saturated carbocycles. The summed E-state index contributed by atoms with van der Waals surface area (Å²) in [6.45, 7) is 5.79. The van der Waals surface area contributed by atoms with Crippen molar-refractivity contribution in [2.24, 2.45) is 5.92 Å². The summed E-state index contributed by atoms with van der Waals surface area (Å²) in [6, 6.07) is 6.03. The first-order valence-corrected chi connectivity index (χ1v) is 8.40. The quantitative estimate of drug-likeness (QED) is 0.694. The maximum absolute atomic E-state index is 11.8. The molecule has 0 bridgehead atoms. The Morgan fingerprint density at radius 1 is 1.38 bits per heavy atom. The van der Waals surface area contributed by atoms with E-state index in [0.29, 0.717) is 12.3 Å². The summed E-state index contributed by atoms with van der Waals surface area (Å²) in [4.78, 5) is 14.1. The third kappa shape index (κ3) is 7.06. The van der Waals surface area contributed by atoms with Gasteiger partial charge in [-0.1, -0.05) is 17.7 Å². The standard InChI is InChI=1S/C17H26ClN3O.2ClH/c1-13-5-6-15(18)10-16(13)21-9-7-14(12-21)11-20-17(22)4-3-8-19-2;;/h5-6,10,14,19H,3-4,7-9,11-12H2,1-2H3,(H,20,22);2*1H. The van der Waals surface area contributed by atoms with Crippen molar-refractivity contribution < 1.29 is 4.79 Å². The Kier molecular flexibility index (Phi) is 11.5. The summed E-state index contributed by atoms with van der Waals surface area (Å²) in [5.74, 6) is 0.680. The van der Waals surface area contributed by atoms with Crippen LogP contribution in [0.25, 0.3) is 0 Å². The molecule has 1 unspecified atom stereocenters. The molecule has 138 valence electrons. The summed E-state index contributed by atoms with van der Waals surface area (Å²) in [7, 11) is 1.91. The summed E-state index contributed by atoms with van der Waals surface area (Å²) < 4.78 is 0. The monoisotopic (exact) mass is 395 g/mol. The number of amides is 1. The van der Waals surface area contributed by atoms with Crippen molar-refractivity contribution in [3.63, 3.8) is 0 Å². The van der Waals surface area contributed by atoms with Crippen LogP contribution in [0.15, 0.2) is 18.2 Å². The molecule has 2 rings (SSSR count). The molecule has 0 radical (unpaired) electrons. The van der Waals surface area contributed by atoms with Gasteiger partial charge >= 0.3 is 0 Å². The molecule has 0 aromatic heterocycles. The SMILES string of the molecule is CNCCCC(=O)NCC1CCN(c2cc(Cl)ccc2C)C1.Cl.Cl. The molecule has 1 saturated heterocycles. The normalized spacial score (nSPS) is 16.3. The van der Waals surface area contributed by atoms with E-state index >= 15 is 0 Å². The fourth-order valence-corrected chi connectivity index (χ4v) is 3.08. The van der Waals surface area contributed by atoms with Gasteiger partial charge in [-0.05, 0) is 57.0 Å². The van der Waals surface area contributed by atoms with E-state index in [-0.39, 0.29) is 30.7 Å². The number of carbonyl (C=O) groups excluding carboxylic acids is 1. The van der Waals surface area contributed by atoms with Crippen LogP contribution in [-0.4, -0.2) is 39.1 Å². The van der Waals surface area contributed by atoms with Gasteiger partial charge in [0.25, 0.3) is 0 Å². The Bertz CT molecular complexity index is 514. The molecule has 7 heteroatoms. The lowest BCUT2D eigenvalue weighted by Crippen LogP contribution is -2.31. The van der Waals surface area contributed by atoms with E-state index in [9.17, 15) is 4.79 Å². The number of nitrogens with one attached hydrogen (secondary N) is 2. The summed E-state index contributed by atoms with van der Waals surface area (Å²) in [5, 5.41) is 6.90. The Labute approximate surface area is 162 Å². The molecule has 1 fully saturated rings. The first-order valence-electron chi connectivity index (χ1n) is 8.02. The molecule has 1 heterocycles. The largest absolute Gasteiger partial charge is 0.371 e. The maximum Gasteiger partial charge on any atom is 0.220 e. The number of hydrogen-bond donors (Lipinski definition) is 2. The van der Waals surface area contributed by atoms with Gasteiger partial charge in [0.15, 0.2) is 0 Å². The second-order valence-corrected chi connectivity index (χ2v) is 6.48. The van der Waals surface area contributed by atoms with Crippen molar-refractivity contribution in [3.05, 3.63) is 28.8 Å². The summed E-state index contributed by atoms with van der Waals surface area (Å²) in [6.07, 6.45) is 2.61. The number of aryl methyl sites for hydroxylation is 1. The van der Waals surface area contributed by atoms with E-state index in [1.165, 1.54) is 11.3 Å². The van der Waals surface area contributed by atoms with Crippen LogP contribution >= 0.6 is 36.4 Å². The zero-order valence-electron chi connectivity index (χ0n) is 14.3. The number of hydrogen-bond acceptors (Lipinski definition) is 3. The van der Waals surface area contributed by atoms with E-state index < -0.39 is 0 Å². The molecule has 1 aliphatic heterocycles. The molecule has 1 aromatic carbocycles. The third-order valence-corrected chi connectivity index (χ3v) is 4.45. The zero-order valence-corrected chi connectivity index (χ0v) is 16.7. The minimum absolute atomic E-state index is 0. The van der Waals surface area contributed by atoms with Gasteiger partial charge in [-0.25, -0.2) is 0 Å². The highest BCUT2D eigenvalue weighted by molar-refractivity contribution is 6.30. The van der Waals surface area contributed by atoms with Crippen LogP contribution in [0.1, 0.15) is 24.8 Å². The Balaban J connectivity index is 0.00000264. The van der Waals surface area contributed by atoms with E-state index in [0.717, 1.165) is 44.0 Å². The summed E-state index contributed by atoms with van der Waals surface area (Å²) >= 11 is 6.11. The molecular formula is C17H28Cl3N3O. The van der Waals surface area contributed by atoms with Crippen LogP contribution in [0.4, 0.5) is 5.69 Å². The van der Waals surface area contributed by atoms with Gasteiger partial charge in [-0.15, -0.1) is 24.8 Å². The van der Waals surface area contributed by atoms with Crippen molar-refractivity contribution in [1.82, 2.24) is 10.6 Å². The number of halogens is 3. The Hall–Kier alpha value is -0.680. The number of nitrogens with zero attached hydrogens (tertiary/aromatic N) is 1. The van der Waals surface area contributed by atoms with Crippen LogP contribution in [0, 0.1) is 12.8 Å². The molecule has 2 N–H and O–H groups in total. The van der Waals surface area contributed by atoms with Crippen LogP contribution in [0.3, 0.4) is 0 Å². The van der Waals surface area contributed by atoms with E-state index in [2.05, 4.69) is 28.5 Å². The van der Waals surface area contributed by atoms with Gasteiger partial charge in [-0.2, -0.15) is 0 Å². The third-order valence-electron chi connectivity index (χ3n) is 4.22. The smallest absolute Gasteiger partial charge is 0.220 e. The lowest BCUT2D eigenvalue weighted by Gasteiger charge is -2.21. The fourth-order valence-electron chi connectivity index (χ4n) is 2.91. The van der Waals surface area contributed by atoms with Gasteiger partial charge < -0.3 is 15.5 Å². The van der Waals surface area contributed by atoms with Crippen molar-refractivity contribution in [3.8, 4) is 0 Å². The second kappa shape index (κ2) is 11.8. The van der Waals surface area contributed by atoms with Gasteiger partial charge in [0.2, 0.25) is 5.91 Å². The van der Waals surface area contributed by atoms with Crippen molar-refractivity contribution >= 4 is 48.0 Å². The highest BCUT2D eigenvalue weighted by Crippen LogP contribution is 2.29. The first kappa shape index (κ1) is 23.3. The average Bonchev–Trinajstić information content (AvgIpc) is 2.97. The number of carbonyl (C=O) groups is 1. The fraction of sp³-hybridized carbons (Fsp3) is 0.588. The Morgan fingerprint density at radius 3 is 2.83 bits per heavy atom. The van der Waals surface area contributed by atoms with Crippen LogP contribution in [0.2, 0.25) is 5.02 Å². The predicted octanol–water partition coefficient (Wildman–Crippen LogP) is 3.43. The topological polar surface area (TPSA) is 44.4 Å². The maximum atomic E-state index is 11.8. The highest BCUT2D eigenvalue weighted by atomic mass is 35.5. The molecule has 1 aromatic rings. The number of benzene rings is 1. The van der Waals surface area contributed by atoms with Crippen LogP contribution < -0.4 is 15.5 Å². The number of anilines is 1. The highest BCUT2D eigenvalue weighted by Gasteiger charge is 2.24. The molecule has 1 aliphatic rings. The van der Waals surface area contributed by atoms with E-state index in [1.807, 2.05) is 19.2 Å². The average molecular weight is 397 g/mol. The minimum atomic E-state index is 0. The predicted molar refractivity (Wildman–Crippen MR) is 107 cm³/mol. The van der Waals surface area contributed by atoms with Crippen LogP contribution in [0.5, 0.6) is 0 Å². The van der Waals surface area contributed by atoms with Crippen LogP contribution in [-0.2, 0) is 4.79 Å². The van der Waals surface area contributed by atoms with E-state index in [4.69, 9.17) is 11.6 Å². The molecule has 1 amide bonds. The van der Waals surface area contributed by atoms with Gasteiger partial charge in [0.1, 0.15) is 0 Å². The zero-order chi connectivity index (χ0) is 15.9. The molecule has 4 nitrogen and oxygen atoms in total. The number of rotatable bonds is 7. The molecular weight excluding hydrogens is 369 g/mol. The summed E-state index contributed by atoms with van der Waals surface area (Å²) in [5.41, 5.74) is 2.47. The lowest BCUT2D eigenvalue weighted by atomic mass is 10.1. The minimum Gasteiger partial charge on any atom is -0.371 e. The Morgan fingerprint density at radius 2 is 2.12 bits per heavy atom. The molecule has 24 heavy (non-hydrogen) atoms. The van der Waals surface area contributed by atoms with Crippen molar-refractivity contribution in [2.45, 2.75) is 26.2 Å². The van der Waals surface area contributed by atoms with Crippen molar-refractivity contribution in [1.29, 1.82) is 0 Å². The molecule has 1 atom stereocenters. The van der Waals surface area contributed by atoms with Gasteiger partial charge in [0.05, 0.1) is 0 Å².